The Balaban J connectivity index is 2.42. The summed E-state index contributed by atoms with van der Waals surface area (Å²) in [6, 6.07) is 5.66. The van der Waals surface area contributed by atoms with Gasteiger partial charge < -0.3 is 9.84 Å². The normalized spacial score (nSPS) is 17.9. The highest BCUT2D eigenvalue weighted by molar-refractivity contribution is 9.10. The van der Waals surface area contributed by atoms with Gasteiger partial charge in [-0.15, -0.1) is 0 Å². The van der Waals surface area contributed by atoms with Crippen molar-refractivity contribution in [2.45, 2.75) is 26.0 Å². The van der Waals surface area contributed by atoms with Crippen LogP contribution in [-0.4, -0.2) is 28.2 Å². The molecule has 0 aromatic heterocycles. The minimum atomic E-state index is -0.922. The molecule has 4 nitrogen and oxygen atoms in total. The van der Waals surface area contributed by atoms with E-state index in [1.807, 2.05) is 32.0 Å². The van der Waals surface area contributed by atoms with Gasteiger partial charge in [-0.05, 0) is 32.0 Å². The lowest BCUT2D eigenvalue weighted by molar-refractivity contribution is 0.0671. The molecule has 0 saturated heterocycles. The molecule has 1 heterocycles. The van der Waals surface area contributed by atoms with Crippen LogP contribution in [0.3, 0.4) is 0 Å². The number of nitrogens with zero attached hydrogens (tertiary/aromatic N) is 1. The molecule has 5 heteroatoms. The molecule has 0 bridgehead atoms. The van der Waals surface area contributed by atoms with Crippen LogP contribution < -0.4 is 4.74 Å². The first-order chi connectivity index (χ1) is 7.87. The van der Waals surface area contributed by atoms with Crippen LogP contribution >= 0.6 is 15.9 Å². The second-order valence-corrected chi connectivity index (χ2v) is 5.67. The SMILES string of the molecule is CC1(C)CN(C(=O)O)Cc2cc(Br)ccc2O1. The minimum absolute atomic E-state index is 0.355. The van der Waals surface area contributed by atoms with E-state index in [0.29, 0.717) is 13.1 Å². The Kier molecular flexibility index (Phi) is 3.03. The van der Waals surface area contributed by atoms with E-state index in [0.717, 1.165) is 15.8 Å². The lowest BCUT2D eigenvalue weighted by Gasteiger charge is -2.27. The van der Waals surface area contributed by atoms with E-state index < -0.39 is 11.7 Å². The lowest BCUT2D eigenvalue weighted by atomic mass is 10.1. The van der Waals surface area contributed by atoms with Crippen LogP contribution in [0.2, 0.25) is 0 Å². The van der Waals surface area contributed by atoms with Gasteiger partial charge in [-0.25, -0.2) is 4.79 Å². The number of carboxylic acid groups (broad SMARTS) is 1. The summed E-state index contributed by atoms with van der Waals surface area (Å²) in [5.41, 5.74) is 0.365. The van der Waals surface area contributed by atoms with Crippen LogP contribution in [-0.2, 0) is 6.54 Å². The molecule has 1 aliphatic rings. The van der Waals surface area contributed by atoms with Crippen molar-refractivity contribution in [3.63, 3.8) is 0 Å². The third-order valence-corrected chi connectivity index (χ3v) is 3.11. The molecule has 0 unspecified atom stereocenters. The van der Waals surface area contributed by atoms with Gasteiger partial charge in [0, 0.05) is 10.0 Å². The van der Waals surface area contributed by atoms with Crippen molar-refractivity contribution in [3.05, 3.63) is 28.2 Å². The summed E-state index contributed by atoms with van der Waals surface area (Å²) in [4.78, 5) is 12.5. The molecule has 1 aromatic rings. The van der Waals surface area contributed by atoms with E-state index in [2.05, 4.69) is 15.9 Å². The number of halogens is 1. The molecule has 92 valence electrons. The van der Waals surface area contributed by atoms with Crippen LogP contribution in [0.15, 0.2) is 22.7 Å². The molecular formula is C12H14BrNO3. The molecule has 0 aliphatic carbocycles. The Labute approximate surface area is 108 Å². The number of rotatable bonds is 0. The molecule has 1 aliphatic heterocycles. The molecule has 1 amide bonds. The molecule has 2 rings (SSSR count). The van der Waals surface area contributed by atoms with E-state index >= 15 is 0 Å². The Morgan fingerprint density at radius 1 is 1.53 bits per heavy atom. The quantitative estimate of drug-likeness (QED) is 0.801. The number of ether oxygens (including phenoxy) is 1. The van der Waals surface area contributed by atoms with Crippen molar-refractivity contribution in [2.24, 2.45) is 0 Å². The van der Waals surface area contributed by atoms with Crippen molar-refractivity contribution in [2.75, 3.05) is 6.54 Å². The Bertz CT molecular complexity index is 459. The average Bonchev–Trinajstić information content (AvgIpc) is 2.32. The third kappa shape index (κ3) is 2.72. The predicted octanol–water partition coefficient (Wildman–Crippen LogP) is 3.10. The van der Waals surface area contributed by atoms with Gasteiger partial charge in [0.2, 0.25) is 0 Å². The zero-order valence-corrected chi connectivity index (χ0v) is 11.3. The summed E-state index contributed by atoms with van der Waals surface area (Å²) < 4.78 is 6.78. The molecule has 17 heavy (non-hydrogen) atoms. The van der Waals surface area contributed by atoms with Crippen LogP contribution in [0.25, 0.3) is 0 Å². The molecule has 0 saturated carbocycles. The molecular weight excluding hydrogens is 286 g/mol. The van der Waals surface area contributed by atoms with Gasteiger partial charge in [0.25, 0.3) is 0 Å². The number of carbonyl (C=O) groups is 1. The topological polar surface area (TPSA) is 49.8 Å². The van der Waals surface area contributed by atoms with Crippen LogP contribution in [0, 0.1) is 0 Å². The van der Waals surface area contributed by atoms with Gasteiger partial charge in [0.05, 0.1) is 13.1 Å². The summed E-state index contributed by atoms with van der Waals surface area (Å²) in [7, 11) is 0. The predicted molar refractivity (Wildman–Crippen MR) is 67.3 cm³/mol. The first-order valence-corrected chi connectivity index (χ1v) is 6.12. The molecule has 1 N–H and O–H groups in total. The van der Waals surface area contributed by atoms with Gasteiger partial charge >= 0.3 is 6.09 Å². The fourth-order valence-corrected chi connectivity index (χ4v) is 2.37. The highest BCUT2D eigenvalue weighted by Crippen LogP contribution is 2.31. The molecule has 0 fully saturated rings. The summed E-state index contributed by atoms with van der Waals surface area (Å²) >= 11 is 3.38. The van der Waals surface area contributed by atoms with Crippen LogP contribution in [0.1, 0.15) is 19.4 Å². The maximum atomic E-state index is 11.1. The van der Waals surface area contributed by atoms with E-state index in [-0.39, 0.29) is 0 Å². The maximum absolute atomic E-state index is 11.1. The lowest BCUT2D eigenvalue weighted by Crippen LogP contribution is -2.42. The van der Waals surface area contributed by atoms with Crippen molar-refractivity contribution in [3.8, 4) is 5.75 Å². The molecule has 1 aromatic carbocycles. The van der Waals surface area contributed by atoms with E-state index in [4.69, 9.17) is 9.84 Å². The summed E-state index contributed by atoms with van der Waals surface area (Å²) in [6.45, 7) is 4.49. The number of amides is 1. The molecule has 0 spiro atoms. The zero-order valence-electron chi connectivity index (χ0n) is 9.74. The van der Waals surface area contributed by atoms with Crippen molar-refractivity contribution in [1.29, 1.82) is 0 Å². The first-order valence-electron chi connectivity index (χ1n) is 5.33. The van der Waals surface area contributed by atoms with Gasteiger partial charge in [-0.2, -0.15) is 0 Å². The Morgan fingerprint density at radius 3 is 2.88 bits per heavy atom. The number of hydrogen-bond donors (Lipinski definition) is 1. The first kappa shape index (κ1) is 12.2. The van der Waals surface area contributed by atoms with E-state index in [1.165, 1.54) is 4.90 Å². The van der Waals surface area contributed by atoms with Crippen molar-refractivity contribution < 1.29 is 14.6 Å². The molecule has 0 radical (unpaired) electrons. The standard InChI is InChI=1S/C12H14BrNO3/c1-12(2)7-14(11(15)16)6-8-5-9(13)3-4-10(8)17-12/h3-5H,6-7H2,1-2H3,(H,15,16). The van der Waals surface area contributed by atoms with E-state index in [9.17, 15) is 4.79 Å². The van der Waals surface area contributed by atoms with Crippen molar-refractivity contribution >= 4 is 22.0 Å². The largest absolute Gasteiger partial charge is 0.486 e. The van der Waals surface area contributed by atoms with Gasteiger partial charge in [-0.3, -0.25) is 4.90 Å². The number of benzene rings is 1. The minimum Gasteiger partial charge on any atom is -0.486 e. The smallest absolute Gasteiger partial charge is 0.407 e. The fraction of sp³-hybridized carbons (Fsp3) is 0.417. The van der Waals surface area contributed by atoms with Crippen LogP contribution in [0.4, 0.5) is 4.79 Å². The fourth-order valence-electron chi connectivity index (χ4n) is 1.96. The Hall–Kier alpha value is -1.23. The highest BCUT2D eigenvalue weighted by atomic mass is 79.9. The van der Waals surface area contributed by atoms with Crippen LogP contribution in [0.5, 0.6) is 5.75 Å². The highest BCUT2D eigenvalue weighted by Gasteiger charge is 2.31. The summed E-state index contributed by atoms with van der Waals surface area (Å²) in [6.07, 6.45) is -0.922. The van der Waals surface area contributed by atoms with Crippen molar-refractivity contribution in [1.82, 2.24) is 4.90 Å². The second kappa shape index (κ2) is 4.22. The van der Waals surface area contributed by atoms with E-state index in [1.54, 1.807) is 0 Å². The monoisotopic (exact) mass is 299 g/mol. The summed E-state index contributed by atoms with van der Waals surface area (Å²) in [5.74, 6) is 0.752. The Morgan fingerprint density at radius 2 is 2.24 bits per heavy atom. The third-order valence-electron chi connectivity index (χ3n) is 2.61. The second-order valence-electron chi connectivity index (χ2n) is 4.75. The van der Waals surface area contributed by atoms with Gasteiger partial charge in [0.1, 0.15) is 11.4 Å². The average molecular weight is 300 g/mol. The summed E-state index contributed by atoms with van der Waals surface area (Å²) in [5, 5.41) is 9.15. The van der Waals surface area contributed by atoms with Gasteiger partial charge in [-0.1, -0.05) is 15.9 Å². The molecule has 0 atom stereocenters. The number of hydrogen-bond acceptors (Lipinski definition) is 2. The van der Waals surface area contributed by atoms with Gasteiger partial charge in [0.15, 0.2) is 0 Å². The number of fused-ring (bicyclic) bond motifs is 1. The maximum Gasteiger partial charge on any atom is 0.407 e. The zero-order chi connectivity index (χ0) is 12.6.